The molecule has 0 unspecified atom stereocenters. The standard InChI is InChI=1S/C9H10BNO/c10-7-2-3-8(11-6-7)9(12)4-1-5-9/h2-3,6,12H,1,4-5H2. The highest BCUT2D eigenvalue weighted by atomic mass is 16.3. The third-order valence-electron chi connectivity index (χ3n) is 2.44. The van der Waals surface area contributed by atoms with E-state index in [0.29, 0.717) is 5.46 Å². The second-order valence-electron chi connectivity index (χ2n) is 3.36. The maximum absolute atomic E-state index is 9.87. The van der Waals surface area contributed by atoms with E-state index < -0.39 is 5.60 Å². The first-order valence-corrected chi connectivity index (χ1v) is 4.15. The van der Waals surface area contributed by atoms with Crippen molar-refractivity contribution in [3.8, 4) is 0 Å². The van der Waals surface area contributed by atoms with Crippen LogP contribution in [0.3, 0.4) is 0 Å². The van der Waals surface area contributed by atoms with Gasteiger partial charge in [0.25, 0.3) is 0 Å². The molecule has 2 rings (SSSR count). The smallest absolute Gasteiger partial charge is 0.115 e. The summed E-state index contributed by atoms with van der Waals surface area (Å²) >= 11 is 0. The first-order chi connectivity index (χ1) is 5.71. The Labute approximate surface area is 73.1 Å². The van der Waals surface area contributed by atoms with E-state index in [0.717, 1.165) is 25.0 Å². The van der Waals surface area contributed by atoms with Gasteiger partial charge in [-0.2, -0.15) is 0 Å². The van der Waals surface area contributed by atoms with Gasteiger partial charge in [-0.25, -0.2) is 0 Å². The molecule has 0 amide bonds. The molecule has 1 heterocycles. The van der Waals surface area contributed by atoms with Crippen LogP contribution in [0.5, 0.6) is 0 Å². The van der Waals surface area contributed by atoms with Crippen molar-refractivity contribution in [2.75, 3.05) is 0 Å². The Balaban J connectivity index is 2.28. The maximum Gasteiger partial charge on any atom is 0.115 e. The Morgan fingerprint density at radius 3 is 2.58 bits per heavy atom. The quantitative estimate of drug-likeness (QED) is 0.595. The van der Waals surface area contributed by atoms with Crippen molar-refractivity contribution in [1.82, 2.24) is 4.98 Å². The van der Waals surface area contributed by atoms with Crippen LogP contribution in [0.4, 0.5) is 0 Å². The molecular formula is C9H10BNO. The predicted molar refractivity (Wildman–Crippen MR) is 47.4 cm³/mol. The minimum absolute atomic E-state index is 0.640. The summed E-state index contributed by atoms with van der Waals surface area (Å²) in [5.74, 6) is 0. The first-order valence-electron chi connectivity index (χ1n) is 4.15. The molecule has 12 heavy (non-hydrogen) atoms. The summed E-state index contributed by atoms with van der Waals surface area (Å²) in [4.78, 5) is 4.10. The van der Waals surface area contributed by atoms with Crippen LogP contribution in [0, 0.1) is 0 Å². The van der Waals surface area contributed by atoms with Crippen molar-refractivity contribution in [1.29, 1.82) is 0 Å². The zero-order chi connectivity index (χ0) is 8.60. The lowest BCUT2D eigenvalue weighted by Gasteiger charge is -2.35. The summed E-state index contributed by atoms with van der Waals surface area (Å²) in [5, 5.41) is 9.87. The van der Waals surface area contributed by atoms with Gasteiger partial charge in [-0.05, 0) is 25.3 Å². The van der Waals surface area contributed by atoms with Crippen LogP contribution >= 0.6 is 0 Å². The Kier molecular flexibility index (Phi) is 1.69. The largest absolute Gasteiger partial charge is 0.384 e. The number of aliphatic hydroxyl groups is 1. The summed E-state index contributed by atoms with van der Waals surface area (Å²) in [6.45, 7) is 0. The molecule has 2 radical (unpaired) electrons. The van der Waals surface area contributed by atoms with Gasteiger partial charge in [-0.3, -0.25) is 4.98 Å². The minimum atomic E-state index is -0.659. The predicted octanol–water partition coefficient (Wildman–Crippen LogP) is 0.247. The zero-order valence-corrected chi connectivity index (χ0v) is 6.83. The number of nitrogens with zero attached hydrogens (tertiary/aromatic N) is 1. The molecule has 60 valence electrons. The normalized spacial score (nSPS) is 20.1. The van der Waals surface area contributed by atoms with E-state index in [9.17, 15) is 5.11 Å². The van der Waals surface area contributed by atoms with Crippen molar-refractivity contribution in [3.63, 3.8) is 0 Å². The summed E-state index contributed by atoms with van der Waals surface area (Å²) in [6, 6.07) is 3.58. The average Bonchev–Trinajstić information content (AvgIpc) is 2.02. The summed E-state index contributed by atoms with van der Waals surface area (Å²) < 4.78 is 0. The van der Waals surface area contributed by atoms with Crippen molar-refractivity contribution in [3.05, 3.63) is 24.0 Å². The molecule has 0 aromatic carbocycles. The van der Waals surface area contributed by atoms with Gasteiger partial charge in [0.2, 0.25) is 0 Å². The Hall–Kier alpha value is -0.825. The molecule has 1 aliphatic carbocycles. The molecule has 1 aliphatic rings. The van der Waals surface area contributed by atoms with Gasteiger partial charge in [0.05, 0.1) is 5.69 Å². The fourth-order valence-electron chi connectivity index (χ4n) is 1.45. The monoisotopic (exact) mass is 159 g/mol. The lowest BCUT2D eigenvalue weighted by molar-refractivity contribution is -0.0425. The number of hydrogen-bond donors (Lipinski definition) is 1. The Bertz CT molecular complexity index is 279. The molecule has 0 atom stereocenters. The first kappa shape index (κ1) is 7.81. The summed E-state index contributed by atoms with van der Waals surface area (Å²) in [6.07, 6.45) is 4.32. The van der Waals surface area contributed by atoms with Crippen LogP contribution in [-0.4, -0.2) is 17.9 Å². The van der Waals surface area contributed by atoms with Gasteiger partial charge in [-0.15, -0.1) is 0 Å². The van der Waals surface area contributed by atoms with Crippen molar-refractivity contribution >= 4 is 13.3 Å². The molecule has 2 nitrogen and oxygen atoms in total. The average molecular weight is 159 g/mol. The molecule has 1 N–H and O–H groups in total. The molecule has 1 saturated carbocycles. The van der Waals surface area contributed by atoms with E-state index in [1.165, 1.54) is 0 Å². The second-order valence-corrected chi connectivity index (χ2v) is 3.36. The fraction of sp³-hybridized carbons (Fsp3) is 0.444. The second kappa shape index (κ2) is 2.59. The topological polar surface area (TPSA) is 33.1 Å². The molecule has 1 fully saturated rings. The minimum Gasteiger partial charge on any atom is -0.384 e. The molecule has 0 aliphatic heterocycles. The SMILES string of the molecule is [B]c1ccc(C2(O)CCC2)nc1. The van der Waals surface area contributed by atoms with Crippen LogP contribution in [-0.2, 0) is 5.60 Å². The van der Waals surface area contributed by atoms with Gasteiger partial charge >= 0.3 is 0 Å². The van der Waals surface area contributed by atoms with E-state index in [4.69, 9.17) is 7.85 Å². The molecular weight excluding hydrogens is 149 g/mol. The highest BCUT2D eigenvalue weighted by molar-refractivity contribution is 6.32. The number of aromatic nitrogens is 1. The van der Waals surface area contributed by atoms with Gasteiger partial charge in [-0.1, -0.05) is 11.5 Å². The Morgan fingerprint density at radius 1 is 1.42 bits per heavy atom. The summed E-state index contributed by atoms with van der Waals surface area (Å²) in [7, 11) is 5.49. The van der Waals surface area contributed by atoms with Crippen LogP contribution in [0.2, 0.25) is 0 Å². The highest BCUT2D eigenvalue weighted by Gasteiger charge is 2.37. The van der Waals surface area contributed by atoms with Crippen molar-refractivity contribution in [2.45, 2.75) is 24.9 Å². The van der Waals surface area contributed by atoms with Crippen LogP contribution in [0.15, 0.2) is 18.3 Å². The third kappa shape index (κ3) is 1.14. The van der Waals surface area contributed by atoms with Gasteiger partial charge in [0.1, 0.15) is 13.4 Å². The number of hydrogen-bond acceptors (Lipinski definition) is 2. The van der Waals surface area contributed by atoms with Crippen molar-refractivity contribution < 1.29 is 5.11 Å². The van der Waals surface area contributed by atoms with E-state index in [1.54, 1.807) is 18.3 Å². The Morgan fingerprint density at radius 2 is 2.17 bits per heavy atom. The van der Waals surface area contributed by atoms with Crippen LogP contribution < -0.4 is 5.46 Å². The molecule has 1 aromatic heterocycles. The molecule has 3 heteroatoms. The van der Waals surface area contributed by atoms with E-state index >= 15 is 0 Å². The summed E-state index contributed by atoms with van der Waals surface area (Å²) in [5.41, 5.74) is 0.734. The van der Waals surface area contributed by atoms with Gasteiger partial charge in [0.15, 0.2) is 0 Å². The fourth-order valence-corrected chi connectivity index (χ4v) is 1.45. The van der Waals surface area contributed by atoms with Crippen LogP contribution in [0.1, 0.15) is 25.0 Å². The number of rotatable bonds is 1. The number of pyridine rings is 1. The van der Waals surface area contributed by atoms with Crippen molar-refractivity contribution in [2.24, 2.45) is 0 Å². The van der Waals surface area contributed by atoms with E-state index in [2.05, 4.69) is 4.98 Å². The van der Waals surface area contributed by atoms with Gasteiger partial charge < -0.3 is 5.11 Å². The maximum atomic E-state index is 9.87. The molecule has 0 bridgehead atoms. The van der Waals surface area contributed by atoms with E-state index in [-0.39, 0.29) is 0 Å². The molecule has 0 saturated heterocycles. The van der Waals surface area contributed by atoms with Crippen LogP contribution in [0.25, 0.3) is 0 Å². The molecule has 1 aromatic rings. The third-order valence-corrected chi connectivity index (χ3v) is 2.44. The molecule has 0 spiro atoms. The lowest BCUT2D eigenvalue weighted by atomic mass is 9.77. The zero-order valence-electron chi connectivity index (χ0n) is 6.83. The lowest BCUT2D eigenvalue weighted by Crippen LogP contribution is -2.34. The highest BCUT2D eigenvalue weighted by Crippen LogP contribution is 2.39. The van der Waals surface area contributed by atoms with Gasteiger partial charge in [0, 0.05) is 6.20 Å². The van der Waals surface area contributed by atoms with E-state index in [1.807, 2.05) is 0 Å².